The number of nitrogens with zero attached hydrogens (tertiary/aromatic N) is 2. The minimum Gasteiger partial charge on any atom is -0.489 e. The molecule has 0 atom stereocenters. The van der Waals surface area contributed by atoms with Gasteiger partial charge in [0.2, 0.25) is 0 Å². The number of rotatable bonds is 5. The van der Waals surface area contributed by atoms with Gasteiger partial charge in [0.15, 0.2) is 11.2 Å². The lowest BCUT2D eigenvalue weighted by Crippen LogP contribution is -1.99. The van der Waals surface area contributed by atoms with E-state index in [0.717, 1.165) is 44.9 Å². The summed E-state index contributed by atoms with van der Waals surface area (Å²) < 4.78 is 7.84. The molecule has 5 heteroatoms. The number of hydrogen-bond acceptors (Lipinski definition) is 4. The summed E-state index contributed by atoms with van der Waals surface area (Å²) in [5.41, 5.74) is 5.46. The van der Waals surface area contributed by atoms with Crippen LogP contribution in [-0.4, -0.2) is 15.7 Å². The number of ether oxygens (including phenoxy) is 1. The Morgan fingerprint density at radius 3 is 2.73 bits per heavy atom. The molecule has 0 bridgehead atoms. The molecule has 2 heterocycles. The van der Waals surface area contributed by atoms with Gasteiger partial charge < -0.3 is 4.74 Å². The summed E-state index contributed by atoms with van der Waals surface area (Å²) in [7, 11) is 0. The number of aldehydes is 1. The highest BCUT2D eigenvalue weighted by Gasteiger charge is 2.17. The number of fused-ring (bicyclic) bond motifs is 1. The minimum atomic E-state index is 0.528. The number of carbonyl (C=O) groups is 1. The highest BCUT2D eigenvalue weighted by Crippen LogP contribution is 2.33. The molecule has 130 valence electrons. The van der Waals surface area contributed by atoms with Gasteiger partial charge in [0.05, 0.1) is 0 Å². The zero-order valence-electron chi connectivity index (χ0n) is 14.6. The highest BCUT2D eigenvalue weighted by molar-refractivity contribution is 7.15. The van der Waals surface area contributed by atoms with Gasteiger partial charge in [-0.3, -0.25) is 9.20 Å². The topological polar surface area (TPSA) is 43.6 Å². The third-order valence-electron chi connectivity index (χ3n) is 4.42. The van der Waals surface area contributed by atoms with Crippen LogP contribution in [0.15, 0.2) is 54.0 Å². The normalized spacial score (nSPS) is 11.0. The number of carbonyl (C=O) groups excluding carboxylic acids is 1. The van der Waals surface area contributed by atoms with Crippen molar-refractivity contribution >= 4 is 22.6 Å². The van der Waals surface area contributed by atoms with E-state index in [1.54, 1.807) is 0 Å². The lowest BCUT2D eigenvalue weighted by atomic mass is 10.0. The summed E-state index contributed by atoms with van der Waals surface area (Å²) in [4.78, 5) is 17.1. The summed E-state index contributed by atoms with van der Waals surface area (Å²) in [6.07, 6.45) is 2.75. The average Bonchev–Trinajstić information content (AvgIpc) is 3.23. The molecule has 0 aliphatic heterocycles. The molecule has 0 unspecified atom stereocenters. The Hall–Kier alpha value is -2.92. The van der Waals surface area contributed by atoms with Crippen LogP contribution in [0.5, 0.6) is 5.75 Å². The summed E-state index contributed by atoms with van der Waals surface area (Å²) in [5, 5.41) is 1.93. The van der Waals surface area contributed by atoms with Crippen LogP contribution in [0.2, 0.25) is 0 Å². The van der Waals surface area contributed by atoms with Crippen LogP contribution >= 0.6 is 11.3 Å². The molecule has 2 aromatic heterocycles. The van der Waals surface area contributed by atoms with Crippen LogP contribution in [0.1, 0.15) is 27.2 Å². The molecule has 4 aromatic rings. The smallest absolute Gasteiger partial charge is 0.194 e. The number of hydrogen-bond donors (Lipinski definition) is 0. The first kappa shape index (κ1) is 16.5. The molecule has 26 heavy (non-hydrogen) atoms. The van der Waals surface area contributed by atoms with Gasteiger partial charge in [-0.25, -0.2) is 4.98 Å². The second-order valence-corrected chi connectivity index (χ2v) is 7.10. The maximum atomic E-state index is 11.6. The molecule has 0 radical (unpaired) electrons. The summed E-state index contributed by atoms with van der Waals surface area (Å²) in [5.74, 6) is 0.851. The zero-order chi connectivity index (χ0) is 18.1. The van der Waals surface area contributed by atoms with Gasteiger partial charge >= 0.3 is 0 Å². The van der Waals surface area contributed by atoms with Crippen molar-refractivity contribution in [1.82, 2.24) is 9.38 Å². The van der Waals surface area contributed by atoms with E-state index in [0.29, 0.717) is 12.3 Å². The highest BCUT2D eigenvalue weighted by atomic mass is 32.1. The van der Waals surface area contributed by atoms with Crippen molar-refractivity contribution < 1.29 is 9.53 Å². The summed E-state index contributed by atoms with van der Waals surface area (Å²) in [6.45, 7) is 4.56. The van der Waals surface area contributed by atoms with E-state index in [4.69, 9.17) is 4.74 Å². The first-order valence-electron chi connectivity index (χ1n) is 8.36. The fourth-order valence-electron chi connectivity index (χ4n) is 3.05. The largest absolute Gasteiger partial charge is 0.489 e. The van der Waals surface area contributed by atoms with Crippen molar-refractivity contribution in [3.63, 3.8) is 0 Å². The summed E-state index contributed by atoms with van der Waals surface area (Å²) >= 11 is 1.52. The third-order valence-corrected chi connectivity index (χ3v) is 5.18. The van der Waals surface area contributed by atoms with Crippen LogP contribution in [0.25, 0.3) is 16.2 Å². The quantitative estimate of drug-likeness (QED) is 0.466. The van der Waals surface area contributed by atoms with Crippen molar-refractivity contribution in [2.75, 3.05) is 0 Å². The van der Waals surface area contributed by atoms with Gasteiger partial charge in [0.25, 0.3) is 0 Å². The molecule has 0 saturated carbocycles. The second-order valence-electron chi connectivity index (χ2n) is 6.23. The molecule has 2 aromatic carbocycles. The van der Waals surface area contributed by atoms with Gasteiger partial charge in [-0.2, -0.15) is 0 Å². The van der Waals surface area contributed by atoms with Crippen LogP contribution in [0.4, 0.5) is 0 Å². The van der Waals surface area contributed by atoms with E-state index in [9.17, 15) is 4.79 Å². The van der Waals surface area contributed by atoms with E-state index >= 15 is 0 Å². The van der Waals surface area contributed by atoms with Crippen molar-refractivity contribution in [2.45, 2.75) is 20.5 Å². The van der Waals surface area contributed by atoms with Gasteiger partial charge in [0, 0.05) is 17.1 Å². The van der Waals surface area contributed by atoms with Crippen molar-refractivity contribution in [2.24, 2.45) is 0 Å². The minimum absolute atomic E-state index is 0.528. The van der Waals surface area contributed by atoms with E-state index in [1.165, 1.54) is 11.3 Å². The van der Waals surface area contributed by atoms with Crippen molar-refractivity contribution in [3.05, 3.63) is 76.4 Å². The first-order valence-corrected chi connectivity index (χ1v) is 9.24. The summed E-state index contributed by atoms with van der Waals surface area (Å²) in [6, 6.07) is 14.2. The molecule has 0 fully saturated rings. The molecule has 0 spiro atoms. The first-order chi connectivity index (χ1) is 12.7. The fourth-order valence-corrected chi connectivity index (χ4v) is 3.77. The fraction of sp³-hybridized carbons (Fsp3) is 0.143. The molecule has 0 N–H and O–H groups in total. The van der Waals surface area contributed by atoms with Crippen LogP contribution in [-0.2, 0) is 6.61 Å². The zero-order valence-corrected chi connectivity index (χ0v) is 15.4. The van der Waals surface area contributed by atoms with E-state index in [2.05, 4.69) is 11.1 Å². The molecule has 4 nitrogen and oxygen atoms in total. The Morgan fingerprint density at radius 1 is 1.15 bits per heavy atom. The lowest BCUT2D eigenvalue weighted by Gasteiger charge is -2.13. The number of imidazole rings is 1. The van der Waals surface area contributed by atoms with E-state index in [1.807, 2.05) is 66.2 Å². The number of thiazole rings is 1. The third kappa shape index (κ3) is 2.91. The number of aromatic nitrogens is 2. The van der Waals surface area contributed by atoms with Gasteiger partial charge in [-0.15, -0.1) is 11.3 Å². The SMILES string of the molecule is Cc1cc(-c2nc3sccn3c2C=O)c(C)cc1OCc1ccccc1. The predicted molar refractivity (Wildman–Crippen MR) is 104 cm³/mol. The maximum absolute atomic E-state index is 11.6. The van der Waals surface area contributed by atoms with Crippen molar-refractivity contribution in [3.8, 4) is 17.0 Å². The van der Waals surface area contributed by atoms with Crippen molar-refractivity contribution in [1.29, 1.82) is 0 Å². The van der Waals surface area contributed by atoms with Crippen LogP contribution in [0.3, 0.4) is 0 Å². The Morgan fingerprint density at radius 2 is 1.96 bits per heavy atom. The molecule has 4 rings (SSSR count). The second kappa shape index (κ2) is 6.77. The maximum Gasteiger partial charge on any atom is 0.194 e. The molecular formula is C21H18N2O2S. The van der Waals surface area contributed by atoms with Crippen LogP contribution < -0.4 is 4.74 Å². The lowest BCUT2D eigenvalue weighted by molar-refractivity contribution is 0.111. The average molecular weight is 362 g/mol. The standard InChI is InChI=1S/C21H18N2O2S/c1-14-11-19(25-13-16-6-4-3-5-7-16)15(2)10-17(14)20-18(12-24)23-8-9-26-21(23)22-20/h3-12H,13H2,1-2H3. The Bertz CT molecular complexity index is 1080. The Kier molecular flexibility index (Phi) is 4.31. The van der Waals surface area contributed by atoms with Gasteiger partial charge in [-0.1, -0.05) is 30.3 Å². The monoisotopic (exact) mass is 362 g/mol. The van der Waals surface area contributed by atoms with Gasteiger partial charge in [0.1, 0.15) is 23.7 Å². The molecule has 0 amide bonds. The predicted octanol–water partition coefficient (Wildman–Crippen LogP) is 5.07. The van der Waals surface area contributed by atoms with Gasteiger partial charge in [-0.05, 0) is 42.7 Å². The molecule has 0 aliphatic rings. The van der Waals surface area contributed by atoms with E-state index < -0.39 is 0 Å². The Labute approximate surface area is 155 Å². The number of aryl methyl sites for hydroxylation is 2. The molecule has 0 aliphatic carbocycles. The van der Waals surface area contributed by atoms with Crippen LogP contribution in [0, 0.1) is 13.8 Å². The Balaban J connectivity index is 1.69. The molecular weight excluding hydrogens is 344 g/mol. The van der Waals surface area contributed by atoms with E-state index in [-0.39, 0.29) is 0 Å². The number of benzene rings is 2. The molecule has 0 saturated heterocycles.